The number of hydrogen-bond acceptors (Lipinski definition) is 4. The van der Waals surface area contributed by atoms with E-state index in [1.165, 1.54) is 0 Å². The molecule has 7 nitrogen and oxygen atoms in total. The number of amides is 4. The van der Waals surface area contributed by atoms with Crippen LogP contribution in [-0.2, 0) is 22.6 Å². The van der Waals surface area contributed by atoms with Gasteiger partial charge in [0.15, 0.2) is 0 Å². The predicted octanol–water partition coefficient (Wildman–Crippen LogP) is 4.15. The monoisotopic (exact) mass is 457 g/mol. The Balaban J connectivity index is 1.29. The van der Waals surface area contributed by atoms with Crippen LogP contribution in [0.1, 0.15) is 24.5 Å². The van der Waals surface area contributed by atoms with Gasteiger partial charge in [0, 0.05) is 5.69 Å². The first-order valence-corrected chi connectivity index (χ1v) is 11.2. The smallest absolute Gasteiger partial charge is 0.325 e. The lowest BCUT2D eigenvalue weighted by atomic mass is 9.93. The zero-order valence-electron chi connectivity index (χ0n) is 19.0. The number of nitrogens with one attached hydrogen (secondary N) is 2. The van der Waals surface area contributed by atoms with E-state index in [2.05, 4.69) is 10.6 Å². The molecule has 3 aromatic carbocycles. The van der Waals surface area contributed by atoms with Crippen molar-refractivity contribution in [3.8, 4) is 5.75 Å². The van der Waals surface area contributed by atoms with Crippen molar-refractivity contribution in [2.75, 3.05) is 11.9 Å². The molecule has 34 heavy (non-hydrogen) atoms. The van der Waals surface area contributed by atoms with Gasteiger partial charge < -0.3 is 15.4 Å². The molecule has 3 aromatic rings. The summed E-state index contributed by atoms with van der Waals surface area (Å²) in [5, 5.41) is 5.47. The molecular weight excluding hydrogens is 430 g/mol. The molecule has 1 saturated heterocycles. The molecule has 1 heterocycles. The van der Waals surface area contributed by atoms with Gasteiger partial charge in [0.05, 0.1) is 0 Å². The summed E-state index contributed by atoms with van der Waals surface area (Å²) in [7, 11) is 0. The molecule has 1 unspecified atom stereocenters. The number of rotatable bonds is 9. The number of carbonyl (C=O) groups is 3. The first kappa shape index (κ1) is 23.0. The van der Waals surface area contributed by atoms with E-state index in [4.69, 9.17) is 4.74 Å². The Kier molecular flexibility index (Phi) is 6.92. The van der Waals surface area contributed by atoms with Gasteiger partial charge in [-0.15, -0.1) is 0 Å². The van der Waals surface area contributed by atoms with Crippen molar-refractivity contribution in [1.29, 1.82) is 0 Å². The van der Waals surface area contributed by atoms with Crippen LogP contribution < -0.4 is 15.4 Å². The molecule has 1 atom stereocenters. The molecule has 1 aliphatic rings. The number of hydrogen-bond donors (Lipinski definition) is 2. The number of aryl methyl sites for hydroxylation is 1. The van der Waals surface area contributed by atoms with Crippen LogP contribution in [-0.4, -0.2) is 34.8 Å². The fraction of sp³-hybridized carbons (Fsp3) is 0.222. The van der Waals surface area contributed by atoms with Gasteiger partial charge in [-0.1, -0.05) is 60.7 Å². The molecule has 0 spiro atoms. The van der Waals surface area contributed by atoms with Crippen LogP contribution in [0.4, 0.5) is 10.5 Å². The van der Waals surface area contributed by atoms with E-state index in [0.717, 1.165) is 16.0 Å². The van der Waals surface area contributed by atoms with Gasteiger partial charge in [-0.3, -0.25) is 14.5 Å². The van der Waals surface area contributed by atoms with E-state index >= 15 is 0 Å². The minimum absolute atomic E-state index is 0.349. The zero-order valence-corrected chi connectivity index (χ0v) is 19.0. The summed E-state index contributed by atoms with van der Waals surface area (Å²) in [4.78, 5) is 38.9. The fourth-order valence-electron chi connectivity index (χ4n) is 3.82. The average molecular weight is 458 g/mol. The first-order valence-electron chi connectivity index (χ1n) is 11.2. The topological polar surface area (TPSA) is 87.7 Å². The van der Waals surface area contributed by atoms with Gasteiger partial charge in [0.1, 0.15) is 24.4 Å². The highest BCUT2D eigenvalue weighted by molar-refractivity contribution is 6.09. The molecule has 2 N–H and O–H groups in total. The largest absolute Gasteiger partial charge is 0.489 e. The van der Waals surface area contributed by atoms with E-state index in [1.807, 2.05) is 60.7 Å². The van der Waals surface area contributed by atoms with E-state index in [9.17, 15) is 14.4 Å². The Bertz CT molecular complexity index is 1150. The van der Waals surface area contributed by atoms with Crippen molar-refractivity contribution >= 4 is 23.5 Å². The van der Waals surface area contributed by atoms with Crippen LogP contribution in [0.15, 0.2) is 84.9 Å². The predicted molar refractivity (Wildman–Crippen MR) is 129 cm³/mol. The van der Waals surface area contributed by atoms with Crippen LogP contribution in [0.3, 0.4) is 0 Å². The van der Waals surface area contributed by atoms with Gasteiger partial charge in [0.2, 0.25) is 5.91 Å². The highest BCUT2D eigenvalue weighted by Gasteiger charge is 2.47. The van der Waals surface area contributed by atoms with Crippen molar-refractivity contribution in [3.05, 3.63) is 96.1 Å². The van der Waals surface area contributed by atoms with E-state index in [-0.39, 0.29) is 6.54 Å². The third-order valence-electron chi connectivity index (χ3n) is 5.79. The molecule has 1 aliphatic heterocycles. The fourth-order valence-corrected chi connectivity index (χ4v) is 3.82. The minimum atomic E-state index is -1.04. The second kappa shape index (κ2) is 10.2. The lowest BCUT2D eigenvalue weighted by Gasteiger charge is -2.21. The van der Waals surface area contributed by atoms with Crippen molar-refractivity contribution in [2.24, 2.45) is 0 Å². The maximum Gasteiger partial charge on any atom is 0.325 e. The molecule has 1 fully saturated rings. The van der Waals surface area contributed by atoms with Crippen molar-refractivity contribution in [3.63, 3.8) is 0 Å². The molecule has 0 saturated carbocycles. The van der Waals surface area contributed by atoms with Crippen molar-refractivity contribution < 1.29 is 19.1 Å². The SMILES string of the molecule is CC1(CCc2ccccc2)NC(=O)N(CC(=O)Nc2ccc(OCc3ccccc3)cc2)C1=O. The maximum atomic E-state index is 12.9. The summed E-state index contributed by atoms with van der Waals surface area (Å²) in [6.45, 7) is 1.79. The molecular formula is C27H27N3O4. The first-order chi connectivity index (χ1) is 16.4. The number of ether oxygens (including phenoxy) is 1. The standard InChI is InChI=1S/C27H27N3O4/c1-27(17-16-20-8-4-2-5-9-20)25(32)30(26(33)29-27)18-24(31)28-22-12-14-23(15-13-22)34-19-21-10-6-3-7-11-21/h2-15H,16-19H2,1H3,(H,28,31)(H,29,33). The summed E-state index contributed by atoms with van der Waals surface area (Å²) in [6.07, 6.45) is 1.09. The van der Waals surface area contributed by atoms with Crippen molar-refractivity contribution in [1.82, 2.24) is 10.2 Å². The third-order valence-corrected chi connectivity index (χ3v) is 5.79. The Morgan fingerprint density at radius 1 is 0.912 bits per heavy atom. The van der Waals surface area contributed by atoms with E-state index in [1.54, 1.807) is 31.2 Å². The van der Waals surface area contributed by atoms with Crippen LogP contribution >= 0.6 is 0 Å². The Labute approximate surface area is 198 Å². The van der Waals surface area contributed by atoms with Crippen LogP contribution in [0.25, 0.3) is 0 Å². The maximum absolute atomic E-state index is 12.9. The minimum Gasteiger partial charge on any atom is -0.489 e. The molecule has 0 radical (unpaired) electrons. The van der Waals surface area contributed by atoms with Gasteiger partial charge in [-0.05, 0) is 55.2 Å². The summed E-state index contributed by atoms with van der Waals surface area (Å²) in [5.41, 5.74) is 1.66. The van der Waals surface area contributed by atoms with E-state index < -0.39 is 23.4 Å². The van der Waals surface area contributed by atoms with Crippen LogP contribution in [0.5, 0.6) is 5.75 Å². The summed E-state index contributed by atoms with van der Waals surface area (Å²) >= 11 is 0. The van der Waals surface area contributed by atoms with Gasteiger partial charge in [0.25, 0.3) is 5.91 Å². The highest BCUT2D eigenvalue weighted by atomic mass is 16.5. The molecule has 0 aromatic heterocycles. The molecule has 7 heteroatoms. The lowest BCUT2D eigenvalue weighted by Crippen LogP contribution is -2.45. The van der Waals surface area contributed by atoms with Gasteiger partial charge >= 0.3 is 6.03 Å². The van der Waals surface area contributed by atoms with Gasteiger partial charge in [-0.2, -0.15) is 0 Å². The molecule has 0 aliphatic carbocycles. The molecule has 4 amide bonds. The van der Waals surface area contributed by atoms with Crippen molar-refractivity contribution in [2.45, 2.75) is 31.9 Å². The second-order valence-electron chi connectivity index (χ2n) is 8.49. The number of carbonyl (C=O) groups excluding carboxylic acids is 3. The molecule has 4 rings (SSSR count). The van der Waals surface area contributed by atoms with Crippen LogP contribution in [0.2, 0.25) is 0 Å². The summed E-state index contributed by atoms with van der Waals surface area (Å²) in [5.74, 6) is -0.174. The number of nitrogens with zero attached hydrogens (tertiary/aromatic N) is 1. The quantitative estimate of drug-likeness (QED) is 0.473. The molecule has 174 valence electrons. The number of benzene rings is 3. The number of urea groups is 1. The number of anilines is 1. The Hall–Kier alpha value is -4.13. The summed E-state index contributed by atoms with van der Waals surface area (Å²) in [6, 6.07) is 26.0. The normalized spacial score (nSPS) is 17.4. The van der Waals surface area contributed by atoms with Gasteiger partial charge in [-0.25, -0.2) is 4.79 Å². The van der Waals surface area contributed by atoms with E-state index in [0.29, 0.717) is 30.9 Å². The number of imide groups is 1. The third kappa shape index (κ3) is 5.61. The summed E-state index contributed by atoms with van der Waals surface area (Å²) < 4.78 is 5.75. The average Bonchev–Trinajstić information content (AvgIpc) is 3.07. The zero-order chi connectivity index (χ0) is 24.0. The highest BCUT2D eigenvalue weighted by Crippen LogP contribution is 2.23. The Morgan fingerprint density at radius 3 is 2.18 bits per heavy atom. The Morgan fingerprint density at radius 2 is 1.53 bits per heavy atom. The molecule has 0 bridgehead atoms. The van der Waals surface area contributed by atoms with Crippen LogP contribution in [0, 0.1) is 0 Å². The second-order valence-corrected chi connectivity index (χ2v) is 8.49. The lowest BCUT2D eigenvalue weighted by molar-refractivity contribution is -0.133.